The number of alkyl halides is 2. The molecule has 140 valence electrons. The molecule has 5 nitrogen and oxygen atoms in total. The predicted octanol–water partition coefficient (Wildman–Crippen LogP) is 4.02. The second-order valence-corrected chi connectivity index (χ2v) is 6.03. The van der Waals surface area contributed by atoms with Crippen molar-refractivity contribution >= 4 is 23.2 Å². The summed E-state index contributed by atoms with van der Waals surface area (Å²) in [5.41, 5.74) is 1.41. The topological polar surface area (TPSA) is 50.8 Å². The average molecular weight is 385 g/mol. The molecule has 0 aliphatic rings. The van der Waals surface area contributed by atoms with Crippen molar-refractivity contribution in [3.05, 3.63) is 53.1 Å². The van der Waals surface area contributed by atoms with E-state index >= 15 is 0 Å². The van der Waals surface area contributed by atoms with Crippen molar-refractivity contribution in [2.24, 2.45) is 0 Å². The van der Waals surface area contributed by atoms with Crippen LogP contribution in [0.4, 0.5) is 14.5 Å². The van der Waals surface area contributed by atoms with Crippen LogP contribution in [-0.4, -0.2) is 38.1 Å². The van der Waals surface area contributed by atoms with Gasteiger partial charge in [-0.15, -0.1) is 0 Å². The van der Waals surface area contributed by atoms with E-state index in [4.69, 9.17) is 16.3 Å². The van der Waals surface area contributed by atoms with Gasteiger partial charge < -0.3 is 14.8 Å². The second-order valence-electron chi connectivity index (χ2n) is 5.59. The van der Waals surface area contributed by atoms with Crippen molar-refractivity contribution in [1.82, 2.24) is 4.90 Å². The van der Waals surface area contributed by atoms with Gasteiger partial charge in [0.05, 0.1) is 13.7 Å². The number of nitrogens with one attached hydrogen (secondary N) is 1. The van der Waals surface area contributed by atoms with Crippen LogP contribution in [0.15, 0.2) is 42.5 Å². The van der Waals surface area contributed by atoms with Gasteiger partial charge in [0.2, 0.25) is 5.91 Å². The Kier molecular flexibility index (Phi) is 7.17. The molecule has 0 aliphatic carbocycles. The Hall–Kier alpha value is -2.38. The van der Waals surface area contributed by atoms with Gasteiger partial charge in [-0.1, -0.05) is 23.7 Å². The number of carbonyl (C=O) groups is 1. The molecule has 0 aliphatic heterocycles. The lowest BCUT2D eigenvalue weighted by atomic mass is 10.2. The lowest BCUT2D eigenvalue weighted by Crippen LogP contribution is -2.29. The first kappa shape index (κ1) is 19.9. The van der Waals surface area contributed by atoms with Crippen molar-refractivity contribution in [3.63, 3.8) is 0 Å². The molecule has 0 radical (unpaired) electrons. The minimum atomic E-state index is -2.92. The number of ether oxygens (including phenoxy) is 2. The fourth-order valence-electron chi connectivity index (χ4n) is 2.38. The maximum absolute atomic E-state index is 12.4. The Balaban J connectivity index is 1.94. The van der Waals surface area contributed by atoms with Gasteiger partial charge in [-0.3, -0.25) is 9.69 Å². The Morgan fingerprint density at radius 1 is 1.23 bits per heavy atom. The zero-order valence-corrected chi connectivity index (χ0v) is 15.1. The molecule has 2 aromatic carbocycles. The number of carbonyl (C=O) groups excluding carboxylic acids is 1. The fourth-order valence-corrected chi connectivity index (χ4v) is 2.57. The first-order valence-electron chi connectivity index (χ1n) is 7.73. The molecule has 1 amide bonds. The molecule has 2 aromatic rings. The molecule has 0 spiro atoms. The number of benzene rings is 2. The number of likely N-dealkylation sites (N-methyl/N-ethyl adjacent to an activating group) is 1. The lowest BCUT2D eigenvalue weighted by Gasteiger charge is -2.18. The van der Waals surface area contributed by atoms with Crippen LogP contribution in [0.2, 0.25) is 5.02 Å². The Morgan fingerprint density at radius 3 is 2.65 bits per heavy atom. The molecular weight excluding hydrogens is 366 g/mol. The second kappa shape index (κ2) is 9.35. The Bertz CT molecular complexity index is 759. The summed E-state index contributed by atoms with van der Waals surface area (Å²) in [5.74, 6) is -0.0217. The molecule has 0 aromatic heterocycles. The molecule has 26 heavy (non-hydrogen) atoms. The summed E-state index contributed by atoms with van der Waals surface area (Å²) in [6.45, 7) is -2.36. The maximum Gasteiger partial charge on any atom is 0.387 e. The normalized spacial score (nSPS) is 10.9. The summed E-state index contributed by atoms with van der Waals surface area (Å²) in [5, 5.41) is 3.30. The van der Waals surface area contributed by atoms with E-state index in [1.54, 1.807) is 48.3 Å². The number of hydrogen-bond acceptors (Lipinski definition) is 4. The van der Waals surface area contributed by atoms with E-state index in [1.165, 1.54) is 13.2 Å². The van der Waals surface area contributed by atoms with Crippen molar-refractivity contribution < 1.29 is 23.0 Å². The predicted molar refractivity (Wildman–Crippen MR) is 96.0 cm³/mol. The van der Waals surface area contributed by atoms with Gasteiger partial charge in [0.1, 0.15) is 0 Å². The standard InChI is InChI=1S/C18H19ClF2N2O3/c1-23(11-17(24)22-14-5-3-4-13(19)9-14)10-12-6-7-15(26-18(20)21)16(8-12)25-2/h3-9,18H,10-11H2,1-2H3,(H,22,24). The van der Waals surface area contributed by atoms with Gasteiger partial charge in [-0.2, -0.15) is 8.78 Å². The smallest absolute Gasteiger partial charge is 0.387 e. The van der Waals surface area contributed by atoms with E-state index in [0.29, 0.717) is 17.3 Å². The van der Waals surface area contributed by atoms with E-state index < -0.39 is 6.61 Å². The van der Waals surface area contributed by atoms with Gasteiger partial charge in [0.25, 0.3) is 0 Å². The molecule has 0 saturated heterocycles. The largest absolute Gasteiger partial charge is 0.493 e. The minimum Gasteiger partial charge on any atom is -0.493 e. The van der Waals surface area contributed by atoms with Crippen LogP contribution in [-0.2, 0) is 11.3 Å². The number of amides is 1. The summed E-state index contributed by atoms with van der Waals surface area (Å²) in [6, 6.07) is 11.5. The first-order chi connectivity index (χ1) is 12.4. The van der Waals surface area contributed by atoms with Gasteiger partial charge in [0, 0.05) is 17.3 Å². The number of hydrogen-bond donors (Lipinski definition) is 1. The van der Waals surface area contributed by atoms with E-state index in [2.05, 4.69) is 10.1 Å². The molecule has 1 N–H and O–H groups in total. The Labute approximate surface area is 155 Å². The molecule has 0 atom stereocenters. The van der Waals surface area contributed by atoms with E-state index in [9.17, 15) is 13.6 Å². The monoisotopic (exact) mass is 384 g/mol. The van der Waals surface area contributed by atoms with Crippen LogP contribution in [0.1, 0.15) is 5.56 Å². The number of rotatable bonds is 8. The average Bonchev–Trinajstić information content (AvgIpc) is 2.55. The molecule has 0 heterocycles. The van der Waals surface area contributed by atoms with E-state index in [1.807, 2.05) is 0 Å². The van der Waals surface area contributed by atoms with Crippen LogP contribution >= 0.6 is 11.6 Å². The summed E-state index contributed by atoms with van der Waals surface area (Å²) >= 11 is 5.88. The molecule has 8 heteroatoms. The fraction of sp³-hybridized carbons (Fsp3) is 0.278. The SMILES string of the molecule is COc1cc(CN(C)CC(=O)Nc2cccc(Cl)c2)ccc1OC(F)F. The summed E-state index contributed by atoms with van der Waals surface area (Å²) in [6.07, 6.45) is 0. The van der Waals surface area contributed by atoms with Gasteiger partial charge >= 0.3 is 6.61 Å². The molecule has 2 rings (SSSR count). The third kappa shape index (κ3) is 6.16. The van der Waals surface area contributed by atoms with Crippen LogP contribution < -0.4 is 14.8 Å². The molecular formula is C18H19ClF2N2O3. The van der Waals surface area contributed by atoms with E-state index in [-0.39, 0.29) is 24.0 Å². The van der Waals surface area contributed by atoms with Gasteiger partial charge in [-0.25, -0.2) is 0 Å². The van der Waals surface area contributed by atoms with E-state index in [0.717, 1.165) is 5.56 Å². The van der Waals surface area contributed by atoms with Gasteiger partial charge in [-0.05, 0) is 42.9 Å². The Morgan fingerprint density at radius 2 is 2.00 bits per heavy atom. The summed E-state index contributed by atoms with van der Waals surface area (Å²) in [4.78, 5) is 13.9. The van der Waals surface area contributed by atoms with Crippen molar-refractivity contribution in [2.45, 2.75) is 13.2 Å². The molecule has 0 bridgehead atoms. The quantitative estimate of drug-likeness (QED) is 0.746. The van der Waals surface area contributed by atoms with Crippen molar-refractivity contribution in [3.8, 4) is 11.5 Å². The third-order valence-corrected chi connectivity index (χ3v) is 3.65. The number of halogens is 3. The lowest BCUT2D eigenvalue weighted by molar-refractivity contribution is -0.117. The highest BCUT2D eigenvalue weighted by molar-refractivity contribution is 6.30. The minimum absolute atomic E-state index is 0.0346. The highest BCUT2D eigenvalue weighted by atomic mass is 35.5. The van der Waals surface area contributed by atoms with Gasteiger partial charge in [0.15, 0.2) is 11.5 Å². The van der Waals surface area contributed by atoms with Crippen LogP contribution in [0.3, 0.4) is 0 Å². The first-order valence-corrected chi connectivity index (χ1v) is 8.11. The highest BCUT2D eigenvalue weighted by Crippen LogP contribution is 2.29. The van der Waals surface area contributed by atoms with Crippen LogP contribution in [0.5, 0.6) is 11.5 Å². The summed E-state index contributed by atoms with van der Waals surface area (Å²) < 4.78 is 34.2. The third-order valence-electron chi connectivity index (χ3n) is 3.42. The number of nitrogens with zero attached hydrogens (tertiary/aromatic N) is 1. The number of methoxy groups -OCH3 is 1. The zero-order chi connectivity index (χ0) is 19.1. The number of anilines is 1. The molecule has 0 fully saturated rings. The zero-order valence-electron chi connectivity index (χ0n) is 14.3. The highest BCUT2D eigenvalue weighted by Gasteiger charge is 2.13. The van der Waals surface area contributed by atoms with Crippen LogP contribution in [0.25, 0.3) is 0 Å². The summed E-state index contributed by atoms with van der Waals surface area (Å²) in [7, 11) is 3.15. The van der Waals surface area contributed by atoms with Crippen LogP contribution in [0, 0.1) is 0 Å². The van der Waals surface area contributed by atoms with Crippen molar-refractivity contribution in [2.75, 3.05) is 26.0 Å². The molecule has 0 saturated carbocycles. The molecule has 0 unspecified atom stereocenters. The maximum atomic E-state index is 12.4. The van der Waals surface area contributed by atoms with Crippen molar-refractivity contribution in [1.29, 1.82) is 0 Å².